The Morgan fingerprint density at radius 1 is 1.40 bits per heavy atom. The summed E-state index contributed by atoms with van der Waals surface area (Å²) in [4.78, 5) is 10.3. The van der Waals surface area contributed by atoms with E-state index in [2.05, 4.69) is 0 Å². The number of carboxylic acid groups (broad SMARTS) is 1. The zero-order chi connectivity index (χ0) is 11.4. The van der Waals surface area contributed by atoms with Crippen LogP contribution in [-0.4, -0.2) is 11.1 Å². The van der Waals surface area contributed by atoms with Crippen molar-refractivity contribution in [2.24, 2.45) is 0 Å². The highest BCUT2D eigenvalue weighted by Crippen LogP contribution is 2.23. The van der Waals surface area contributed by atoms with Crippen LogP contribution in [0.15, 0.2) is 18.2 Å². The standard InChI is InChI=1S/C10H9F2IO2/c11-10(12)7-3-6(1-2-9(14)15)4-8(13)5-7/h3-5,10H,1-2H2,(H,14,15). The Balaban J connectivity index is 2.84. The number of rotatable bonds is 4. The molecule has 2 nitrogen and oxygen atoms in total. The molecular weight excluding hydrogens is 317 g/mol. The van der Waals surface area contributed by atoms with E-state index in [0.29, 0.717) is 9.13 Å². The van der Waals surface area contributed by atoms with E-state index in [0.717, 1.165) is 0 Å². The summed E-state index contributed by atoms with van der Waals surface area (Å²) in [6, 6.07) is 4.47. The first-order valence-corrected chi connectivity index (χ1v) is 5.36. The molecule has 0 aliphatic carbocycles. The van der Waals surface area contributed by atoms with Gasteiger partial charge < -0.3 is 5.11 Å². The van der Waals surface area contributed by atoms with Gasteiger partial charge in [-0.3, -0.25) is 4.79 Å². The molecule has 0 saturated heterocycles. The predicted molar refractivity (Wildman–Crippen MR) is 60.1 cm³/mol. The van der Waals surface area contributed by atoms with E-state index in [9.17, 15) is 13.6 Å². The Hall–Kier alpha value is -0.720. The zero-order valence-electron chi connectivity index (χ0n) is 7.71. The third kappa shape index (κ3) is 4.11. The van der Waals surface area contributed by atoms with Crippen LogP contribution in [0.4, 0.5) is 8.78 Å². The number of benzene rings is 1. The van der Waals surface area contributed by atoms with Gasteiger partial charge in [0.15, 0.2) is 0 Å². The summed E-state index contributed by atoms with van der Waals surface area (Å²) < 4.78 is 25.5. The summed E-state index contributed by atoms with van der Waals surface area (Å²) in [6.45, 7) is 0. The molecule has 1 aromatic rings. The highest BCUT2D eigenvalue weighted by molar-refractivity contribution is 14.1. The number of aryl methyl sites for hydroxylation is 1. The average molecular weight is 326 g/mol. The van der Waals surface area contributed by atoms with Crippen LogP contribution in [-0.2, 0) is 11.2 Å². The van der Waals surface area contributed by atoms with Crippen LogP contribution < -0.4 is 0 Å². The van der Waals surface area contributed by atoms with Gasteiger partial charge in [0, 0.05) is 15.6 Å². The van der Waals surface area contributed by atoms with E-state index in [1.165, 1.54) is 12.1 Å². The molecule has 0 fully saturated rings. The van der Waals surface area contributed by atoms with Crippen molar-refractivity contribution in [3.8, 4) is 0 Å². The van der Waals surface area contributed by atoms with Crippen LogP contribution in [0.25, 0.3) is 0 Å². The molecule has 0 aromatic heterocycles. The lowest BCUT2D eigenvalue weighted by molar-refractivity contribution is -0.136. The molecule has 0 spiro atoms. The van der Waals surface area contributed by atoms with E-state index in [1.807, 2.05) is 22.6 Å². The third-order valence-electron chi connectivity index (χ3n) is 1.86. The van der Waals surface area contributed by atoms with Crippen LogP contribution in [0.1, 0.15) is 24.0 Å². The molecule has 0 heterocycles. The zero-order valence-corrected chi connectivity index (χ0v) is 9.87. The molecule has 0 amide bonds. The lowest BCUT2D eigenvalue weighted by Crippen LogP contribution is -1.98. The van der Waals surface area contributed by atoms with Crippen molar-refractivity contribution in [1.29, 1.82) is 0 Å². The number of carboxylic acids is 1. The van der Waals surface area contributed by atoms with Crippen molar-refractivity contribution in [3.63, 3.8) is 0 Å². The summed E-state index contributed by atoms with van der Waals surface area (Å²) in [7, 11) is 0. The second kappa shape index (κ2) is 5.39. The van der Waals surface area contributed by atoms with Crippen LogP contribution in [0.5, 0.6) is 0 Å². The Morgan fingerprint density at radius 3 is 2.60 bits per heavy atom. The molecule has 0 aliphatic rings. The van der Waals surface area contributed by atoms with Crippen molar-refractivity contribution >= 4 is 28.6 Å². The quantitative estimate of drug-likeness (QED) is 0.863. The van der Waals surface area contributed by atoms with Gasteiger partial charge in [0.2, 0.25) is 0 Å². The molecule has 0 saturated carbocycles. The molecule has 1 N–H and O–H groups in total. The monoisotopic (exact) mass is 326 g/mol. The predicted octanol–water partition coefficient (Wildman–Crippen LogP) is 3.25. The van der Waals surface area contributed by atoms with Crippen molar-refractivity contribution in [3.05, 3.63) is 32.9 Å². The molecule has 1 aromatic carbocycles. The summed E-state index contributed by atoms with van der Waals surface area (Å²) in [5.74, 6) is -0.924. The van der Waals surface area contributed by atoms with Crippen LogP contribution in [0.2, 0.25) is 0 Å². The van der Waals surface area contributed by atoms with Gasteiger partial charge >= 0.3 is 5.97 Å². The summed E-state index contributed by atoms with van der Waals surface area (Å²) in [6.07, 6.45) is -2.27. The highest BCUT2D eigenvalue weighted by atomic mass is 127. The molecule has 0 aliphatic heterocycles. The van der Waals surface area contributed by atoms with Gasteiger partial charge in [-0.05, 0) is 46.7 Å². The van der Waals surface area contributed by atoms with Gasteiger partial charge in [-0.2, -0.15) is 0 Å². The smallest absolute Gasteiger partial charge is 0.303 e. The number of hydrogen-bond donors (Lipinski definition) is 1. The van der Waals surface area contributed by atoms with Crippen molar-refractivity contribution < 1.29 is 18.7 Å². The first-order valence-electron chi connectivity index (χ1n) is 4.28. The van der Waals surface area contributed by atoms with Crippen LogP contribution in [0.3, 0.4) is 0 Å². The Bertz CT molecular complexity index is 366. The fourth-order valence-electron chi connectivity index (χ4n) is 1.20. The van der Waals surface area contributed by atoms with Gasteiger partial charge in [0.25, 0.3) is 6.43 Å². The maximum atomic E-state index is 12.4. The normalized spacial score (nSPS) is 10.7. The third-order valence-corrected chi connectivity index (χ3v) is 2.48. The number of hydrogen-bond acceptors (Lipinski definition) is 1. The van der Waals surface area contributed by atoms with Crippen LogP contribution >= 0.6 is 22.6 Å². The first kappa shape index (κ1) is 12.4. The highest BCUT2D eigenvalue weighted by Gasteiger charge is 2.09. The molecule has 0 bridgehead atoms. The van der Waals surface area contributed by atoms with E-state index >= 15 is 0 Å². The van der Waals surface area contributed by atoms with Gasteiger partial charge in [-0.15, -0.1) is 0 Å². The maximum absolute atomic E-state index is 12.4. The molecule has 1 rings (SSSR count). The summed E-state index contributed by atoms with van der Waals surface area (Å²) in [5, 5.41) is 8.47. The largest absolute Gasteiger partial charge is 0.481 e. The second-order valence-corrected chi connectivity index (χ2v) is 4.33. The van der Waals surface area contributed by atoms with Gasteiger partial charge in [0.1, 0.15) is 0 Å². The Labute approximate surface area is 99.4 Å². The Morgan fingerprint density at radius 2 is 2.07 bits per heavy atom. The summed E-state index contributed by atoms with van der Waals surface area (Å²) in [5.41, 5.74) is 0.585. The SMILES string of the molecule is O=C(O)CCc1cc(I)cc(C(F)F)c1. The first-order chi connectivity index (χ1) is 6.99. The van der Waals surface area contributed by atoms with Crippen molar-refractivity contribution in [1.82, 2.24) is 0 Å². The molecule has 82 valence electrons. The van der Waals surface area contributed by atoms with E-state index < -0.39 is 12.4 Å². The lowest BCUT2D eigenvalue weighted by Gasteiger charge is -2.05. The number of halogens is 3. The molecule has 15 heavy (non-hydrogen) atoms. The molecule has 0 atom stereocenters. The Kier molecular flexibility index (Phi) is 4.44. The number of alkyl halides is 2. The minimum absolute atomic E-state index is 0.0389. The number of aliphatic carboxylic acids is 1. The van der Waals surface area contributed by atoms with Gasteiger partial charge in [-0.1, -0.05) is 6.07 Å². The number of carbonyl (C=O) groups is 1. The van der Waals surface area contributed by atoms with E-state index in [4.69, 9.17) is 5.11 Å². The van der Waals surface area contributed by atoms with Crippen molar-refractivity contribution in [2.75, 3.05) is 0 Å². The molecule has 0 unspecified atom stereocenters. The fraction of sp³-hybridized carbons (Fsp3) is 0.300. The average Bonchev–Trinajstić information content (AvgIpc) is 2.13. The topological polar surface area (TPSA) is 37.3 Å². The molecule has 5 heteroatoms. The molecule has 0 radical (unpaired) electrons. The minimum Gasteiger partial charge on any atom is -0.481 e. The lowest BCUT2D eigenvalue weighted by atomic mass is 10.1. The summed E-state index contributed by atoms with van der Waals surface area (Å²) >= 11 is 1.94. The molecular formula is C10H9F2IO2. The second-order valence-electron chi connectivity index (χ2n) is 3.09. The van der Waals surface area contributed by atoms with Crippen molar-refractivity contribution in [2.45, 2.75) is 19.3 Å². The fourth-order valence-corrected chi connectivity index (χ4v) is 1.96. The van der Waals surface area contributed by atoms with Gasteiger partial charge in [0.05, 0.1) is 0 Å². The van der Waals surface area contributed by atoms with E-state index in [-0.39, 0.29) is 18.4 Å². The maximum Gasteiger partial charge on any atom is 0.303 e. The minimum atomic E-state index is -2.51. The van der Waals surface area contributed by atoms with E-state index in [1.54, 1.807) is 6.07 Å². The van der Waals surface area contributed by atoms with Crippen LogP contribution in [0, 0.1) is 3.57 Å². The van der Waals surface area contributed by atoms with Gasteiger partial charge in [-0.25, -0.2) is 8.78 Å².